The van der Waals surface area contributed by atoms with Gasteiger partial charge in [0.15, 0.2) is 11.6 Å². The quantitative estimate of drug-likeness (QED) is 0.173. The number of aromatic nitrogens is 3. The molecule has 34 heavy (non-hydrogen) atoms. The van der Waals surface area contributed by atoms with Gasteiger partial charge in [0.25, 0.3) is 4.58 Å². The van der Waals surface area contributed by atoms with Crippen LogP contribution >= 0.6 is 38.9 Å². The summed E-state index contributed by atoms with van der Waals surface area (Å²) >= 11 is 9.88. The monoisotopic (exact) mass is 573 g/mol. The van der Waals surface area contributed by atoms with Crippen LogP contribution in [0.2, 0.25) is 5.02 Å². The van der Waals surface area contributed by atoms with E-state index >= 15 is 0 Å². The fraction of sp³-hybridized carbons (Fsp3) is 0.217. The summed E-state index contributed by atoms with van der Waals surface area (Å²) < 4.78 is 58.6. The fourth-order valence-corrected chi connectivity index (χ4v) is 4.68. The lowest BCUT2D eigenvalue weighted by atomic mass is 10.1. The maximum absolute atomic E-state index is 14.3. The summed E-state index contributed by atoms with van der Waals surface area (Å²) in [6, 6.07) is 10.3. The highest BCUT2D eigenvalue weighted by Crippen LogP contribution is 2.41. The molecule has 0 saturated carbocycles. The van der Waals surface area contributed by atoms with Gasteiger partial charge in [0, 0.05) is 22.9 Å². The minimum Gasteiger partial charge on any atom is -0.430 e. The minimum absolute atomic E-state index is 0.124. The van der Waals surface area contributed by atoms with Gasteiger partial charge in [-0.25, -0.2) is 18.4 Å². The van der Waals surface area contributed by atoms with E-state index in [4.69, 9.17) is 11.6 Å². The van der Waals surface area contributed by atoms with Crippen molar-refractivity contribution in [2.24, 2.45) is 7.05 Å². The second-order valence-electron chi connectivity index (χ2n) is 7.61. The van der Waals surface area contributed by atoms with Crippen molar-refractivity contribution in [3.63, 3.8) is 0 Å². The first kappa shape index (κ1) is 24.7. The van der Waals surface area contributed by atoms with Crippen LogP contribution in [0.1, 0.15) is 12.5 Å². The van der Waals surface area contributed by atoms with E-state index in [1.54, 1.807) is 29.9 Å². The Labute approximate surface area is 210 Å². The van der Waals surface area contributed by atoms with Gasteiger partial charge in [-0.2, -0.15) is 13.9 Å². The number of hydrogen-bond donors (Lipinski definition) is 0. The van der Waals surface area contributed by atoms with E-state index in [-0.39, 0.29) is 22.2 Å². The highest BCUT2D eigenvalue weighted by atomic mass is 79.9. The van der Waals surface area contributed by atoms with Crippen molar-refractivity contribution in [1.82, 2.24) is 14.8 Å². The van der Waals surface area contributed by atoms with Gasteiger partial charge in [0.05, 0.1) is 10.6 Å². The summed E-state index contributed by atoms with van der Waals surface area (Å²) in [5.41, 5.74) is 2.54. The molecule has 4 rings (SSSR count). The average Bonchev–Trinajstić information content (AvgIpc) is 3.29. The number of rotatable bonds is 6. The van der Waals surface area contributed by atoms with Crippen molar-refractivity contribution < 1.29 is 22.3 Å². The molecule has 0 spiro atoms. The molecule has 2 aromatic heterocycles. The maximum Gasteiger partial charge on any atom is 0.443 e. The van der Waals surface area contributed by atoms with E-state index in [1.807, 2.05) is 12.3 Å². The molecule has 11 heteroatoms. The van der Waals surface area contributed by atoms with Gasteiger partial charge in [-0.3, -0.25) is 0 Å². The van der Waals surface area contributed by atoms with Crippen LogP contribution in [0, 0.1) is 12.7 Å². The van der Waals surface area contributed by atoms with Crippen LogP contribution < -0.4 is 4.74 Å². The first-order valence-corrected chi connectivity index (χ1v) is 11.9. The molecule has 0 fully saturated rings. The molecule has 178 valence electrons. The molecule has 4 aromatic rings. The molecule has 2 aromatic carbocycles. The molecular weight excluding hydrogens is 558 g/mol. The molecular formula is C23H17BrClF4N3OS. The number of halogens is 6. The molecule has 0 aliphatic rings. The Balaban J connectivity index is 1.64. The summed E-state index contributed by atoms with van der Waals surface area (Å²) in [7, 11) is 1.70. The zero-order chi connectivity index (χ0) is 24.8. The highest BCUT2D eigenvalue weighted by Gasteiger charge is 2.52. The van der Waals surface area contributed by atoms with Crippen LogP contribution in [-0.4, -0.2) is 25.5 Å². The van der Waals surface area contributed by atoms with Crippen molar-refractivity contribution in [2.45, 2.75) is 24.5 Å². The summed E-state index contributed by atoms with van der Waals surface area (Å²) in [6.45, 7) is 2.57. The van der Waals surface area contributed by atoms with Crippen LogP contribution in [-0.2, 0) is 7.05 Å². The van der Waals surface area contributed by atoms with Crippen molar-refractivity contribution in [3.8, 4) is 39.0 Å². The molecule has 0 amide bonds. The molecule has 0 radical (unpaired) electrons. The third-order valence-electron chi connectivity index (χ3n) is 5.10. The van der Waals surface area contributed by atoms with Crippen molar-refractivity contribution in [1.29, 1.82) is 0 Å². The average molecular weight is 575 g/mol. The van der Waals surface area contributed by atoms with Gasteiger partial charge in [0.1, 0.15) is 11.6 Å². The third-order valence-corrected chi connectivity index (χ3v) is 7.01. The first-order valence-electron chi connectivity index (χ1n) is 9.88. The molecule has 1 atom stereocenters. The number of benzene rings is 2. The van der Waals surface area contributed by atoms with Crippen molar-refractivity contribution >= 4 is 38.9 Å². The number of nitrogens with zero attached hydrogens (tertiary/aromatic N) is 3. The Morgan fingerprint density at radius 3 is 2.41 bits per heavy atom. The topological polar surface area (TPSA) is 39.9 Å². The molecule has 2 heterocycles. The summed E-state index contributed by atoms with van der Waals surface area (Å²) in [5, 5.41) is 6.43. The van der Waals surface area contributed by atoms with Gasteiger partial charge < -0.3 is 4.74 Å². The smallest absolute Gasteiger partial charge is 0.430 e. The number of thiophene rings is 1. The molecule has 0 bridgehead atoms. The van der Waals surface area contributed by atoms with Gasteiger partial charge in [-0.1, -0.05) is 17.7 Å². The van der Waals surface area contributed by atoms with E-state index < -0.39 is 16.5 Å². The maximum atomic E-state index is 14.3. The van der Waals surface area contributed by atoms with Crippen LogP contribution in [0.25, 0.3) is 33.2 Å². The van der Waals surface area contributed by atoms with E-state index in [1.165, 1.54) is 35.6 Å². The molecule has 0 aliphatic carbocycles. The lowest BCUT2D eigenvalue weighted by Gasteiger charge is -2.25. The molecule has 0 saturated heterocycles. The van der Waals surface area contributed by atoms with E-state index in [9.17, 15) is 17.6 Å². The first-order chi connectivity index (χ1) is 15.9. The summed E-state index contributed by atoms with van der Waals surface area (Å²) in [6.07, 6.45) is -4.05. The number of hydrogen-bond acceptors (Lipinski definition) is 4. The van der Waals surface area contributed by atoms with Crippen LogP contribution in [0.5, 0.6) is 5.75 Å². The van der Waals surface area contributed by atoms with Gasteiger partial charge >= 0.3 is 6.11 Å². The Kier molecular flexibility index (Phi) is 6.52. The summed E-state index contributed by atoms with van der Waals surface area (Å²) in [4.78, 5) is 5.38. The van der Waals surface area contributed by atoms with Crippen molar-refractivity contribution in [3.05, 3.63) is 64.2 Å². The zero-order valence-corrected chi connectivity index (χ0v) is 21.2. The highest BCUT2D eigenvalue weighted by molar-refractivity contribution is 9.10. The number of aryl methyl sites for hydroxylation is 1. The Morgan fingerprint density at radius 1 is 1.12 bits per heavy atom. The second kappa shape index (κ2) is 8.98. The van der Waals surface area contributed by atoms with Gasteiger partial charge in [-0.05, 0) is 77.3 Å². The van der Waals surface area contributed by atoms with E-state index in [0.717, 1.165) is 21.6 Å². The lowest BCUT2D eigenvalue weighted by molar-refractivity contribution is -0.225. The number of ether oxygens (including phenoxy) is 1. The fourth-order valence-electron chi connectivity index (χ4n) is 3.27. The molecule has 0 aliphatic heterocycles. The van der Waals surface area contributed by atoms with E-state index in [0.29, 0.717) is 12.7 Å². The summed E-state index contributed by atoms with van der Waals surface area (Å²) in [5.74, 6) is -0.00484. The lowest BCUT2D eigenvalue weighted by Crippen LogP contribution is -2.41. The van der Waals surface area contributed by atoms with Crippen LogP contribution in [0.3, 0.4) is 0 Å². The van der Waals surface area contributed by atoms with Gasteiger partial charge in [-0.15, -0.1) is 11.3 Å². The molecule has 1 unspecified atom stereocenters. The van der Waals surface area contributed by atoms with Gasteiger partial charge in [0.2, 0.25) is 0 Å². The minimum atomic E-state index is -4.05. The SMILES string of the molecule is Cc1c(-c2nc(-c3c(F)cccc3Cl)nn2C)csc1-c1ccc(OC(F)(F)C(C)(F)Br)cc1. The largest absolute Gasteiger partial charge is 0.443 e. The Bertz CT molecular complexity index is 1330. The van der Waals surface area contributed by atoms with Crippen LogP contribution in [0.4, 0.5) is 17.6 Å². The molecule has 0 N–H and O–H groups in total. The van der Waals surface area contributed by atoms with Crippen molar-refractivity contribution in [2.75, 3.05) is 0 Å². The Morgan fingerprint density at radius 2 is 1.79 bits per heavy atom. The second-order valence-corrected chi connectivity index (χ2v) is 10.4. The zero-order valence-electron chi connectivity index (χ0n) is 18.0. The molecule has 4 nitrogen and oxygen atoms in total. The third kappa shape index (κ3) is 4.58. The van der Waals surface area contributed by atoms with Crippen LogP contribution in [0.15, 0.2) is 47.8 Å². The standard InChI is InChI=1S/C23H17BrClF4N3OS/c1-12-15(21-30-20(31-32(21)3)18-16(25)5-4-6-17(18)26)11-34-19(12)13-7-9-14(10-8-13)33-23(28,29)22(2,24)27/h4-11H,1-3H3. The van der Waals surface area contributed by atoms with E-state index in [2.05, 4.69) is 30.7 Å². The normalized spacial score (nSPS) is 13.7. The number of alkyl halides is 4. The predicted octanol–water partition coefficient (Wildman–Crippen LogP) is 8.03. The Hall–Kier alpha value is -2.43. The predicted molar refractivity (Wildman–Crippen MR) is 129 cm³/mol.